The Morgan fingerprint density at radius 1 is 1.38 bits per heavy atom. The number of carbonyl (C=O) groups excluding carboxylic acids is 1. The van der Waals surface area contributed by atoms with Crippen molar-refractivity contribution in [2.45, 2.75) is 45.2 Å². The first-order valence-electron chi connectivity index (χ1n) is 8.88. The second kappa shape index (κ2) is 8.59. The molecular weight excluding hydrogens is 374 g/mol. The van der Waals surface area contributed by atoms with Gasteiger partial charge >= 0.3 is 0 Å². The largest absolute Gasteiger partial charge is 0.351 e. The number of sulfonamides is 1. The molecule has 0 radical (unpaired) electrons. The molecule has 1 saturated heterocycles. The van der Waals surface area contributed by atoms with Crippen LogP contribution in [0.3, 0.4) is 0 Å². The molecule has 146 valence electrons. The lowest BCUT2D eigenvalue weighted by Gasteiger charge is -2.34. The molecule has 0 spiro atoms. The first-order chi connectivity index (χ1) is 12.1. The van der Waals surface area contributed by atoms with Gasteiger partial charge in [0.15, 0.2) is 0 Å². The summed E-state index contributed by atoms with van der Waals surface area (Å²) in [5.74, 6) is -0.260. The molecule has 26 heavy (non-hydrogen) atoms. The van der Waals surface area contributed by atoms with E-state index in [1.54, 1.807) is 18.2 Å². The van der Waals surface area contributed by atoms with Gasteiger partial charge in [0.25, 0.3) is 0 Å². The highest BCUT2D eigenvalue weighted by molar-refractivity contribution is 7.92. The van der Waals surface area contributed by atoms with Gasteiger partial charge in [-0.15, -0.1) is 0 Å². The fourth-order valence-corrected chi connectivity index (χ4v) is 4.61. The number of hydrogen-bond donors (Lipinski definition) is 1. The van der Waals surface area contributed by atoms with E-state index < -0.39 is 16.1 Å². The summed E-state index contributed by atoms with van der Waals surface area (Å²) < 4.78 is 26.1. The summed E-state index contributed by atoms with van der Waals surface area (Å²) in [6, 6.07) is 4.33. The molecule has 8 heteroatoms. The van der Waals surface area contributed by atoms with Crippen molar-refractivity contribution in [3.05, 3.63) is 28.8 Å². The van der Waals surface area contributed by atoms with E-state index in [1.165, 1.54) is 4.31 Å². The minimum atomic E-state index is -3.65. The van der Waals surface area contributed by atoms with Crippen molar-refractivity contribution in [3.63, 3.8) is 0 Å². The zero-order chi connectivity index (χ0) is 19.5. The van der Waals surface area contributed by atoms with Crippen molar-refractivity contribution in [3.8, 4) is 0 Å². The molecule has 1 heterocycles. The van der Waals surface area contributed by atoms with Gasteiger partial charge in [0.2, 0.25) is 15.9 Å². The third-order valence-electron chi connectivity index (χ3n) is 4.80. The standard InChI is InChI=1S/C18H28ClN3O3S/c1-5-17(18(23)20-14-8-10-21(3)11-9-14)22(26(4,24)25)15-7-6-13(2)16(19)12-15/h6-7,12,14,17H,5,8-11H2,1-4H3,(H,20,23). The van der Waals surface area contributed by atoms with Crippen molar-refractivity contribution in [2.24, 2.45) is 0 Å². The number of piperidine rings is 1. The third-order valence-corrected chi connectivity index (χ3v) is 6.39. The van der Waals surface area contributed by atoms with Crippen LogP contribution in [0.25, 0.3) is 0 Å². The molecule has 0 bridgehead atoms. The number of rotatable bonds is 6. The molecule has 1 atom stereocenters. The number of nitrogens with zero attached hydrogens (tertiary/aromatic N) is 2. The second-order valence-electron chi connectivity index (χ2n) is 7.00. The van der Waals surface area contributed by atoms with E-state index in [-0.39, 0.29) is 11.9 Å². The molecule has 1 aliphatic rings. The lowest BCUT2D eigenvalue weighted by molar-refractivity contribution is -0.123. The van der Waals surface area contributed by atoms with Crippen LogP contribution in [0.1, 0.15) is 31.7 Å². The molecule has 1 aliphatic heterocycles. The zero-order valence-corrected chi connectivity index (χ0v) is 17.4. The Balaban J connectivity index is 2.26. The van der Waals surface area contributed by atoms with Crippen molar-refractivity contribution in [1.29, 1.82) is 0 Å². The average molecular weight is 402 g/mol. The predicted octanol–water partition coefficient (Wildman–Crippen LogP) is 2.40. The summed E-state index contributed by atoms with van der Waals surface area (Å²) >= 11 is 6.18. The van der Waals surface area contributed by atoms with Gasteiger partial charge in [-0.25, -0.2) is 8.42 Å². The number of halogens is 1. The van der Waals surface area contributed by atoms with E-state index >= 15 is 0 Å². The Morgan fingerprint density at radius 3 is 2.50 bits per heavy atom. The van der Waals surface area contributed by atoms with Gasteiger partial charge in [0, 0.05) is 11.1 Å². The highest BCUT2D eigenvalue weighted by Crippen LogP contribution is 2.27. The van der Waals surface area contributed by atoms with E-state index in [9.17, 15) is 13.2 Å². The summed E-state index contributed by atoms with van der Waals surface area (Å²) in [6.07, 6.45) is 3.23. The van der Waals surface area contributed by atoms with Crippen LogP contribution < -0.4 is 9.62 Å². The number of benzene rings is 1. The lowest BCUT2D eigenvalue weighted by atomic mass is 10.0. The van der Waals surface area contributed by atoms with E-state index in [4.69, 9.17) is 11.6 Å². The molecule has 1 unspecified atom stereocenters. The zero-order valence-electron chi connectivity index (χ0n) is 15.8. The summed E-state index contributed by atoms with van der Waals surface area (Å²) in [7, 11) is -1.59. The summed E-state index contributed by atoms with van der Waals surface area (Å²) in [6.45, 7) is 5.50. The van der Waals surface area contributed by atoms with Crippen molar-refractivity contribution < 1.29 is 13.2 Å². The first-order valence-corrected chi connectivity index (χ1v) is 11.1. The Kier molecular flexibility index (Phi) is 6.93. The quantitative estimate of drug-likeness (QED) is 0.794. The number of amides is 1. The molecule has 1 amide bonds. The fraction of sp³-hybridized carbons (Fsp3) is 0.611. The van der Waals surface area contributed by atoms with E-state index in [0.717, 1.165) is 37.8 Å². The first kappa shape index (κ1) is 21.0. The predicted molar refractivity (Wildman–Crippen MR) is 106 cm³/mol. The number of nitrogens with one attached hydrogen (secondary N) is 1. The van der Waals surface area contributed by atoms with Crippen molar-refractivity contribution in [1.82, 2.24) is 10.2 Å². The minimum Gasteiger partial charge on any atom is -0.351 e. The van der Waals surface area contributed by atoms with Crippen LogP contribution in [0.4, 0.5) is 5.69 Å². The summed E-state index contributed by atoms with van der Waals surface area (Å²) in [4.78, 5) is 15.1. The molecule has 0 aromatic heterocycles. The highest BCUT2D eigenvalue weighted by atomic mass is 35.5. The second-order valence-corrected chi connectivity index (χ2v) is 9.27. The fourth-order valence-electron chi connectivity index (χ4n) is 3.23. The summed E-state index contributed by atoms with van der Waals surface area (Å²) in [5, 5.41) is 3.51. The van der Waals surface area contributed by atoms with Gasteiger partial charge in [-0.1, -0.05) is 24.6 Å². The molecule has 1 N–H and O–H groups in total. The van der Waals surface area contributed by atoms with Gasteiger partial charge in [-0.2, -0.15) is 0 Å². The van der Waals surface area contributed by atoms with Gasteiger partial charge in [0.05, 0.1) is 11.9 Å². The van der Waals surface area contributed by atoms with Crippen LogP contribution in [0.5, 0.6) is 0 Å². The van der Waals surface area contributed by atoms with Crippen molar-refractivity contribution in [2.75, 3.05) is 30.7 Å². The Morgan fingerprint density at radius 2 is 2.00 bits per heavy atom. The van der Waals surface area contributed by atoms with E-state index in [0.29, 0.717) is 17.1 Å². The Hall–Kier alpha value is -1.31. The highest BCUT2D eigenvalue weighted by Gasteiger charge is 2.33. The van der Waals surface area contributed by atoms with E-state index in [2.05, 4.69) is 17.3 Å². The van der Waals surface area contributed by atoms with Crippen LogP contribution in [0.15, 0.2) is 18.2 Å². The molecule has 1 fully saturated rings. The maximum atomic E-state index is 12.9. The molecule has 2 rings (SSSR count). The van der Waals surface area contributed by atoms with Crippen LogP contribution in [-0.4, -0.2) is 57.7 Å². The van der Waals surface area contributed by atoms with Gasteiger partial charge in [-0.3, -0.25) is 9.10 Å². The number of anilines is 1. The van der Waals surface area contributed by atoms with E-state index in [1.807, 2.05) is 13.8 Å². The van der Waals surface area contributed by atoms with Crippen LogP contribution in [0.2, 0.25) is 5.02 Å². The maximum Gasteiger partial charge on any atom is 0.244 e. The van der Waals surface area contributed by atoms with Crippen LogP contribution >= 0.6 is 11.6 Å². The molecule has 0 aliphatic carbocycles. The van der Waals surface area contributed by atoms with Gasteiger partial charge < -0.3 is 10.2 Å². The maximum absolute atomic E-state index is 12.9. The lowest BCUT2D eigenvalue weighted by Crippen LogP contribution is -2.53. The molecular formula is C18H28ClN3O3S. The third kappa shape index (κ3) is 5.11. The van der Waals surface area contributed by atoms with Gasteiger partial charge in [-0.05, 0) is 64.0 Å². The topological polar surface area (TPSA) is 69.7 Å². The number of likely N-dealkylation sites (tertiary alicyclic amines) is 1. The number of aryl methyl sites for hydroxylation is 1. The SMILES string of the molecule is CCC(C(=O)NC1CCN(C)CC1)N(c1ccc(C)c(Cl)c1)S(C)(=O)=O. The Bertz CT molecular complexity index is 746. The van der Waals surface area contributed by atoms with Crippen LogP contribution in [0, 0.1) is 6.92 Å². The summed E-state index contributed by atoms with van der Waals surface area (Å²) in [5.41, 5.74) is 1.26. The average Bonchev–Trinajstić information content (AvgIpc) is 2.56. The van der Waals surface area contributed by atoms with Crippen LogP contribution in [-0.2, 0) is 14.8 Å². The molecule has 1 aromatic carbocycles. The number of carbonyl (C=O) groups is 1. The molecule has 0 saturated carbocycles. The Labute approximate surface area is 161 Å². The smallest absolute Gasteiger partial charge is 0.244 e. The normalized spacial score (nSPS) is 17.7. The number of hydrogen-bond acceptors (Lipinski definition) is 4. The monoisotopic (exact) mass is 401 g/mol. The van der Waals surface area contributed by atoms with Crippen molar-refractivity contribution >= 4 is 33.2 Å². The minimum absolute atomic E-state index is 0.0794. The molecule has 1 aromatic rings. The molecule has 6 nitrogen and oxygen atoms in total. The van der Waals surface area contributed by atoms with Gasteiger partial charge in [0.1, 0.15) is 6.04 Å².